The molecule has 0 unspecified atom stereocenters. The molecule has 3 aromatic rings. The average Bonchev–Trinajstić information content (AvgIpc) is 3.15. The number of imidazole rings is 1. The third-order valence-corrected chi connectivity index (χ3v) is 4.80. The van der Waals surface area contributed by atoms with E-state index < -0.39 is 0 Å². The summed E-state index contributed by atoms with van der Waals surface area (Å²) >= 11 is 1.75. The fourth-order valence-corrected chi connectivity index (χ4v) is 3.40. The maximum absolute atomic E-state index is 4.84. The Labute approximate surface area is 129 Å². The van der Waals surface area contributed by atoms with Gasteiger partial charge in [-0.05, 0) is 36.7 Å². The van der Waals surface area contributed by atoms with Gasteiger partial charge in [-0.25, -0.2) is 4.98 Å². The SMILES string of the molecule is CCN(CC)CCn1c(-c2cccs2)nc2ccccc21. The first-order valence-electron chi connectivity index (χ1n) is 7.55. The first-order valence-corrected chi connectivity index (χ1v) is 8.43. The first-order chi connectivity index (χ1) is 10.3. The van der Waals surface area contributed by atoms with Gasteiger partial charge >= 0.3 is 0 Å². The lowest BCUT2D eigenvalue weighted by Crippen LogP contribution is -2.27. The highest BCUT2D eigenvalue weighted by Crippen LogP contribution is 2.28. The van der Waals surface area contributed by atoms with E-state index in [1.54, 1.807) is 11.3 Å². The van der Waals surface area contributed by atoms with Crippen LogP contribution in [0.4, 0.5) is 0 Å². The molecule has 0 aliphatic heterocycles. The van der Waals surface area contributed by atoms with E-state index in [2.05, 4.69) is 65.1 Å². The van der Waals surface area contributed by atoms with Crippen LogP contribution in [-0.4, -0.2) is 34.1 Å². The normalized spacial score (nSPS) is 11.6. The van der Waals surface area contributed by atoms with Gasteiger partial charge in [-0.3, -0.25) is 0 Å². The molecule has 0 atom stereocenters. The zero-order valence-electron chi connectivity index (χ0n) is 12.6. The number of hydrogen-bond acceptors (Lipinski definition) is 3. The van der Waals surface area contributed by atoms with Crippen molar-refractivity contribution in [3.05, 3.63) is 41.8 Å². The molecular formula is C17H21N3S. The first kappa shape index (κ1) is 14.3. The Morgan fingerprint density at radius 2 is 1.90 bits per heavy atom. The van der Waals surface area contributed by atoms with Crippen molar-refractivity contribution in [1.82, 2.24) is 14.5 Å². The molecule has 3 nitrogen and oxygen atoms in total. The van der Waals surface area contributed by atoms with Crippen LogP contribution < -0.4 is 0 Å². The number of hydrogen-bond donors (Lipinski definition) is 0. The van der Waals surface area contributed by atoms with Crippen LogP contribution in [0.3, 0.4) is 0 Å². The Morgan fingerprint density at radius 1 is 1.10 bits per heavy atom. The summed E-state index contributed by atoms with van der Waals surface area (Å²) in [4.78, 5) is 8.53. The molecule has 0 radical (unpaired) electrons. The quantitative estimate of drug-likeness (QED) is 0.683. The molecule has 0 aliphatic carbocycles. The smallest absolute Gasteiger partial charge is 0.151 e. The van der Waals surface area contributed by atoms with Crippen LogP contribution in [0.15, 0.2) is 41.8 Å². The number of para-hydroxylation sites is 2. The third kappa shape index (κ3) is 2.87. The molecule has 2 aromatic heterocycles. The van der Waals surface area contributed by atoms with Crippen LogP contribution in [0, 0.1) is 0 Å². The number of thiophene rings is 1. The Kier molecular flexibility index (Phi) is 4.36. The molecule has 3 rings (SSSR count). The molecule has 0 N–H and O–H groups in total. The van der Waals surface area contributed by atoms with Gasteiger partial charge < -0.3 is 9.47 Å². The van der Waals surface area contributed by atoms with E-state index >= 15 is 0 Å². The van der Waals surface area contributed by atoms with Crippen LogP contribution in [0.1, 0.15) is 13.8 Å². The third-order valence-electron chi connectivity index (χ3n) is 3.93. The minimum Gasteiger partial charge on any atom is -0.322 e. The zero-order chi connectivity index (χ0) is 14.7. The lowest BCUT2D eigenvalue weighted by Gasteiger charge is -2.19. The van der Waals surface area contributed by atoms with Crippen molar-refractivity contribution >= 4 is 22.4 Å². The van der Waals surface area contributed by atoms with Gasteiger partial charge in [0.1, 0.15) is 0 Å². The Balaban J connectivity index is 2.00. The van der Waals surface area contributed by atoms with Crippen molar-refractivity contribution in [3.8, 4) is 10.7 Å². The summed E-state index contributed by atoms with van der Waals surface area (Å²) in [6.45, 7) is 8.67. The molecule has 0 saturated carbocycles. The van der Waals surface area contributed by atoms with Crippen molar-refractivity contribution in [1.29, 1.82) is 0 Å². The molecule has 4 heteroatoms. The van der Waals surface area contributed by atoms with Crippen molar-refractivity contribution in [2.75, 3.05) is 19.6 Å². The molecule has 1 aromatic carbocycles. The van der Waals surface area contributed by atoms with Crippen molar-refractivity contribution < 1.29 is 0 Å². The summed E-state index contributed by atoms with van der Waals surface area (Å²) in [5, 5.41) is 2.11. The Morgan fingerprint density at radius 3 is 2.62 bits per heavy atom. The molecule has 110 valence electrons. The van der Waals surface area contributed by atoms with Gasteiger partial charge in [-0.15, -0.1) is 11.3 Å². The predicted octanol–water partition coefficient (Wildman–Crippen LogP) is 4.11. The summed E-state index contributed by atoms with van der Waals surface area (Å²) in [5.74, 6) is 1.10. The van der Waals surface area contributed by atoms with E-state index in [1.165, 1.54) is 10.4 Å². The highest BCUT2D eigenvalue weighted by molar-refractivity contribution is 7.13. The summed E-state index contributed by atoms with van der Waals surface area (Å²) in [6, 6.07) is 12.7. The molecule has 0 amide bonds. The summed E-state index contributed by atoms with van der Waals surface area (Å²) in [6.07, 6.45) is 0. The van der Waals surface area contributed by atoms with Gasteiger partial charge in [-0.2, -0.15) is 0 Å². The van der Waals surface area contributed by atoms with Crippen LogP contribution in [0.25, 0.3) is 21.7 Å². The minimum absolute atomic E-state index is 0.982. The van der Waals surface area contributed by atoms with Gasteiger partial charge in [0.2, 0.25) is 0 Å². The van der Waals surface area contributed by atoms with Gasteiger partial charge in [0.15, 0.2) is 5.82 Å². The van der Waals surface area contributed by atoms with Crippen LogP contribution in [0.2, 0.25) is 0 Å². The lowest BCUT2D eigenvalue weighted by atomic mass is 10.3. The monoisotopic (exact) mass is 299 g/mol. The summed E-state index contributed by atoms with van der Waals surface area (Å²) in [7, 11) is 0. The van der Waals surface area contributed by atoms with Crippen molar-refractivity contribution in [3.63, 3.8) is 0 Å². The molecule has 0 fully saturated rings. The van der Waals surface area contributed by atoms with Crippen molar-refractivity contribution in [2.45, 2.75) is 20.4 Å². The Bertz CT molecular complexity index is 696. The molecule has 0 saturated heterocycles. The maximum Gasteiger partial charge on any atom is 0.151 e. The molecular weight excluding hydrogens is 278 g/mol. The second-order valence-corrected chi connectivity index (χ2v) is 6.03. The molecule has 21 heavy (non-hydrogen) atoms. The summed E-state index contributed by atoms with van der Waals surface area (Å²) < 4.78 is 2.36. The second kappa shape index (κ2) is 6.41. The van der Waals surface area contributed by atoms with E-state index in [9.17, 15) is 0 Å². The van der Waals surface area contributed by atoms with Crippen LogP contribution in [0.5, 0.6) is 0 Å². The maximum atomic E-state index is 4.84. The minimum atomic E-state index is 0.982. The highest BCUT2D eigenvalue weighted by atomic mass is 32.1. The van der Waals surface area contributed by atoms with Gasteiger partial charge in [-0.1, -0.05) is 32.0 Å². The number of aromatic nitrogens is 2. The molecule has 0 spiro atoms. The summed E-state index contributed by atoms with van der Waals surface area (Å²) in [5.41, 5.74) is 2.31. The highest BCUT2D eigenvalue weighted by Gasteiger charge is 2.13. The lowest BCUT2D eigenvalue weighted by molar-refractivity contribution is 0.292. The topological polar surface area (TPSA) is 21.1 Å². The van der Waals surface area contributed by atoms with E-state index in [0.29, 0.717) is 0 Å². The molecule has 0 aliphatic rings. The number of nitrogens with zero attached hydrogens (tertiary/aromatic N) is 3. The number of benzene rings is 1. The Hall–Kier alpha value is -1.65. The van der Waals surface area contributed by atoms with Crippen molar-refractivity contribution in [2.24, 2.45) is 0 Å². The van der Waals surface area contributed by atoms with Gasteiger partial charge in [0, 0.05) is 13.1 Å². The fourth-order valence-electron chi connectivity index (χ4n) is 2.68. The van der Waals surface area contributed by atoms with E-state index in [1.807, 2.05) is 0 Å². The van der Waals surface area contributed by atoms with Crippen LogP contribution >= 0.6 is 11.3 Å². The molecule has 0 bridgehead atoms. The average molecular weight is 299 g/mol. The van der Waals surface area contributed by atoms with Gasteiger partial charge in [0.25, 0.3) is 0 Å². The van der Waals surface area contributed by atoms with E-state index in [-0.39, 0.29) is 0 Å². The fraction of sp³-hybridized carbons (Fsp3) is 0.353. The predicted molar refractivity (Wildman–Crippen MR) is 90.8 cm³/mol. The number of rotatable bonds is 6. The van der Waals surface area contributed by atoms with E-state index in [4.69, 9.17) is 4.98 Å². The standard InChI is InChI=1S/C17H21N3S/c1-3-19(4-2)11-12-20-15-9-6-5-8-14(15)18-17(20)16-10-7-13-21-16/h5-10,13H,3-4,11-12H2,1-2H3. The van der Waals surface area contributed by atoms with E-state index in [0.717, 1.165) is 37.5 Å². The number of likely N-dealkylation sites (N-methyl/N-ethyl adjacent to an activating group) is 1. The van der Waals surface area contributed by atoms with Gasteiger partial charge in [0.05, 0.1) is 15.9 Å². The second-order valence-electron chi connectivity index (χ2n) is 5.08. The van der Waals surface area contributed by atoms with Crippen LogP contribution in [-0.2, 0) is 6.54 Å². The zero-order valence-corrected chi connectivity index (χ0v) is 13.4. The molecule has 2 heterocycles. The largest absolute Gasteiger partial charge is 0.322 e. The number of fused-ring (bicyclic) bond motifs is 1.